The van der Waals surface area contributed by atoms with E-state index in [9.17, 15) is 0 Å². The maximum Gasteiger partial charge on any atom is 0.381 e. The van der Waals surface area contributed by atoms with Crippen LogP contribution in [0.4, 0.5) is 5.69 Å². The Morgan fingerprint density at radius 3 is 2.19 bits per heavy atom. The Balaban J connectivity index is 1.93. The van der Waals surface area contributed by atoms with Crippen molar-refractivity contribution >= 4 is 24.1 Å². The highest BCUT2D eigenvalue weighted by Crippen LogP contribution is 2.39. The van der Waals surface area contributed by atoms with Crippen LogP contribution < -0.4 is 19.7 Å². The van der Waals surface area contributed by atoms with Gasteiger partial charge in [-0.05, 0) is 41.4 Å². The van der Waals surface area contributed by atoms with Crippen molar-refractivity contribution in [2.45, 2.75) is 20.8 Å². The van der Waals surface area contributed by atoms with Crippen LogP contribution in [0.1, 0.15) is 31.9 Å². The number of ether oxygens (including phenoxy) is 2. The zero-order chi connectivity index (χ0) is 22.7. The van der Waals surface area contributed by atoms with Gasteiger partial charge in [-0.15, -0.1) is 5.82 Å². The van der Waals surface area contributed by atoms with Crippen LogP contribution in [-0.4, -0.2) is 21.1 Å². The van der Waals surface area contributed by atoms with Crippen molar-refractivity contribution in [2.75, 3.05) is 19.0 Å². The molecule has 0 radical (unpaired) electrons. The molecule has 0 unspecified atom stereocenters. The Labute approximate surface area is 191 Å². The molecule has 0 saturated heterocycles. The smallest absolute Gasteiger partial charge is 0.381 e. The Kier molecular flexibility index (Phi) is 6.01. The van der Waals surface area contributed by atoms with Gasteiger partial charge in [0.2, 0.25) is 0 Å². The van der Waals surface area contributed by atoms with Crippen LogP contribution in [0.2, 0.25) is 0 Å². The van der Waals surface area contributed by atoms with Crippen molar-refractivity contribution in [2.24, 2.45) is 5.41 Å². The second-order valence-electron chi connectivity index (χ2n) is 8.86. The molecule has 0 fully saturated rings. The lowest BCUT2D eigenvalue weighted by atomic mass is 9.50. The molecule has 3 nitrogen and oxygen atoms in total. The summed E-state index contributed by atoms with van der Waals surface area (Å²) in [4.78, 5) is 2.33. The molecule has 0 amide bonds. The fraction of sp³-hybridized carbons (Fsp3) is 0.214. The average Bonchev–Trinajstić information content (AvgIpc) is 2.81. The molecule has 1 heterocycles. The number of allylic oxidation sites excluding steroid dienone is 1. The van der Waals surface area contributed by atoms with E-state index in [1.807, 2.05) is 42.5 Å². The molecule has 0 aliphatic carbocycles. The molecule has 160 valence electrons. The van der Waals surface area contributed by atoms with Gasteiger partial charge in [-0.25, -0.2) is 0 Å². The van der Waals surface area contributed by atoms with Crippen LogP contribution >= 0.6 is 0 Å². The number of anilines is 1. The van der Waals surface area contributed by atoms with Gasteiger partial charge in [-0.1, -0.05) is 69.2 Å². The molecular formula is C28H28BNO2. The van der Waals surface area contributed by atoms with Gasteiger partial charge in [-0.2, -0.15) is 0 Å². The van der Waals surface area contributed by atoms with Crippen LogP contribution in [0.3, 0.4) is 0 Å². The van der Waals surface area contributed by atoms with Crippen molar-refractivity contribution in [3.05, 3.63) is 89.6 Å². The lowest BCUT2D eigenvalue weighted by Gasteiger charge is -2.41. The van der Waals surface area contributed by atoms with Crippen LogP contribution in [0.25, 0.3) is 6.08 Å². The minimum absolute atomic E-state index is 0.0899. The highest BCUT2D eigenvalue weighted by Gasteiger charge is 2.37. The number of hydrogen-bond acceptors (Lipinski definition) is 3. The summed E-state index contributed by atoms with van der Waals surface area (Å²) in [5.41, 5.74) is 5.54. The fourth-order valence-electron chi connectivity index (χ4n) is 4.04. The van der Waals surface area contributed by atoms with Crippen molar-refractivity contribution in [3.63, 3.8) is 0 Å². The molecule has 0 spiro atoms. The second-order valence-corrected chi connectivity index (χ2v) is 8.86. The van der Waals surface area contributed by atoms with Crippen LogP contribution in [-0.2, 0) is 0 Å². The summed E-state index contributed by atoms with van der Waals surface area (Å²) < 4.78 is 11.1. The molecular weight excluding hydrogens is 393 g/mol. The molecule has 1 aliphatic heterocycles. The molecule has 4 heteroatoms. The van der Waals surface area contributed by atoms with E-state index in [0.29, 0.717) is 11.5 Å². The van der Waals surface area contributed by atoms with Gasteiger partial charge in [0.1, 0.15) is 0 Å². The molecule has 3 aromatic carbocycles. The van der Waals surface area contributed by atoms with Crippen molar-refractivity contribution in [1.82, 2.24) is 0 Å². The predicted molar refractivity (Wildman–Crippen MR) is 135 cm³/mol. The van der Waals surface area contributed by atoms with Gasteiger partial charge < -0.3 is 14.3 Å². The first-order valence-electron chi connectivity index (χ1n) is 10.8. The first-order valence-corrected chi connectivity index (χ1v) is 10.8. The summed E-state index contributed by atoms with van der Waals surface area (Å²) in [5, 5.41) is 0. The predicted octanol–water partition coefficient (Wildman–Crippen LogP) is 5.40. The number of hydrogen-bond donors (Lipinski definition) is 0. The minimum Gasteiger partial charge on any atom is -0.493 e. The molecule has 0 atom stereocenters. The summed E-state index contributed by atoms with van der Waals surface area (Å²) in [7, 11) is 3.32. The monoisotopic (exact) mass is 421 g/mol. The fourth-order valence-corrected chi connectivity index (χ4v) is 4.04. The molecule has 3 aromatic rings. The topological polar surface area (TPSA) is 21.7 Å². The van der Waals surface area contributed by atoms with E-state index < -0.39 is 0 Å². The zero-order valence-corrected chi connectivity index (χ0v) is 19.3. The maximum atomic E-state index is 5.62. The number of nitrogens with zero attached hydrogens (tertiary/aromatic N) is 1. The highest BCUT2D eigenvalue weighted by atomic mass is 16.5. The van der Waals surface area contributed by atoms with E-state index in [2.05, 4.69) is 73.7 Å². The maximum absolute atomic E-state index is 5.62. The Bertz CT molecular complexity index is 1200. The van der Waals surface area contributed by atoms with Crippen LogP contribution in [0.5, 0.6) is 11.5 Å². The standard InChI is InChI=1S/C28H28BNO2/c1-28(2,3)27-19-22-13-9-10-14-24(22)29(18-17-21-11-7-6-8-12-21)30(27)23-15-16-25(31-4)26(20-23)32-5/h6-16,19-20H,1-5H3. The summed E-state index contributed by atoms with van der Waals surface area (Å²) in [6.07, 6.45) is 2.28. The number of benzene rings is 3. The molecule has 1 aliphatic rings. The molecule has 0 saturated carbocycles. The van der Waals surface area contributed by atoms with E-state index >= 15 is 0 Å². The normalized spacial score (nSPS) is 13.0. The largest absolute Gasteiger partial charge is 0.493 e. The summed E-state index contributed by atoms with van der Waals surface area (Å²) in [6.45, 7) is 6.58. The lowest BCUT2D eigenvalue weighted by molar-refractivity contribution is 0.355. The van der Waals surface area contributed by atoms with Crippen molar-refractivity contribution in [1.29, 1.82) is 0 Å². The van der Waals surface area contributed by atoms with Gasteiger partial charge in [0.25, 0.3) is 0 Å². The number of rotatable bonds is 3. The Morgan fingerprint density at radius 2 is 1.50 bits per heavy atom. The van der Waals surface area contributed by atoms with Crippen LogP contribution in [0, 0.1) is 17.2 Å². The third-order valence-electron chi connectivity index (χ3n) is 5.64. The quantitative estimate of drug-likeness (QED) is 0.418. The van der Waals surface area contributed by atoms with E-state index in [4.69, 9.17) is 9.47 Å². The van der Waals surface area contributed by atoms with Gasteiger partial charge in [0.05, 0.1) is 14.2 Å². The molecule has 0 N–H and O–H groups in total. The van der Waals surface area contributed by atoms with Gasteiger partial charge >= 0.3 is 6.85 Å². The second kappa shape index (κ2) is 8.89. The van der Waals surface area contributed by atoms with Gasteiger partial charge in [0.15, 0.2) is 11.5 Å². The third kappa shape index (κ3) is 4.25. The average molecular weight is 421 g/mol. The van der Waals surface area contributed by atoms with Gasteiger partial charge in [-0.3, -0.25) is 0 Å². The van der Waals surface area contributed by atoms with E-state index in [0.717, 1.165) is 11.3 Å². The van der Waals surface area contributed by atoms with Crippen molar-refractivity contribution in [3.8, 4) is 23.2 Å². The van der Waals surface area contributed by atoms with E-state index in [1.165, 1.54) is 16.7 Å². The Morgan fingerprint density at radius 1 is 0.812 bits per heavy atom. The third-order valence-corrected chi connectivity index (χ3v) is 5.64. The first-order chi connectivity index (χ1) is 15.4. The summed E-state index contributed by atoms with van der Waals surface area (Å²) in [5.74, 6) is 8.39. The number of fused-ring (bicyclic) bond motifs is 1. The van der Waals surface area contributed by atoms with Gasteiger partial charge in [0, 0.05) is 28.4 Å². The molecule has 32 heavy (non-hydrogen) atoms. The zero-order valence-electron chi connectivity index (χ0n) is 19.3. The van der Waals surface area contributed by atoms with E-state index in [-0.39, 0.29) is 12.3 Å². The van der Waals surface area contributed by atoms with E-state index in [1.54, 1.807) is 14.2 Å². The molecule has 4 rings (SSSR count). The first kappa shape index (κ1) is 21.6. The summed E-state index contributed by atoms with van der Waals surface area (Å²) in [6, 6.07) is 24.7. The minimum atomic E-state index is -0.135. The SMILES string of the molecule is COc1ccc(N2B(C#Cc3ccccc3)c3ccccc3C=C2C(C)(C)C)cc1OC. The summed E-state index contributed by atoms with van der Waals surface area (Å²) >= 11 is 0. The Hall–Kier alpha value is -3.58. The van der Waals surface area contributed by atoms with Crippen LogP contribution in [0.15, 0.2) is 78.5 Å². The number of methoxy groups -OCH3 is 2. The molecule has 0 bridgehead atoms. The highest BCUT2D eigenvalue weighted by molar-refractivity contribution is 6.85. The lowest BCUT2D eigenvalue weighted by Crippen LogP contribution is -2.53. The van der Waals surface area contributed by atoms with Crippen molar-refractivity contribution < 1.29 is 9.47 Å². The molecule has 0 aromatic heterocycles.